The van der Waals surface area contributed by atoms with E-state index in [9.17, 15) is 14.0 Å². The first kappa shape index (κ1) is 26.8. The number of Topliss-reactive ketones (excluding diaryl/α,β-unsaturated/α-hetero) is 1. The Balaban J connectivity index is 1.65. The summed E-state index contributed by atoms with van der Waals surface area (Å²) in [4.78, 5) is 34.8. The van der Waals surface area contributed by atoms with Crippen LogP contribution in [-0.4, -0.2) is 37.1 Å². The van der Waals surface area contributed by atoms with E-state index in [1.54, 1.807) is 30.3 Å². The number of carbonyl (C=O) groups is 1. The number of rotatable bonds is 7. The van der Waals surface area contributed by atoms with E-state index in [4.69, 9.17) is 19.2 Å². The lowest BCUT2D eigenvalue weighted by Crippen LogP contribution is -2.37. The van der Waals surface area contributed by atoms with Gasteiger partial charge < -0.3 is 24.5 Å². The summed E-state index contributed by atoms with van der Waals surface area (Å²) in [6.07, 6.45) is 0.965. The number of thioether (sulfide) groups is 1. The van der Waals surface area contributed by atoms with E-state index in [1.165, 1.54) is 39.2 Å². The number of H-pyrrole nitrogens is 1. The minimum atomic E-state index is -0.699. The number of allylic oxidation sites excluding steroid dienone is 2. The maximum absolute atomic E-state index is 14.2. The fourth-order valence-corrected chi connectivity index (χ4v) is 6.17. The minimum absolute atomic E-state index is 0.0319. The number of aromatic nitrogens is 2. The summed E-state index contributed by atoms with van der Waals surface area (Å²) >= 11 is 1.23. The molecule has 0 fully saturated rings. The smallest absolute Gasteiger partial charge is 0.257 e. The van der Waals surface area contributed by atoms with E-state index in [0.717, 1.165) is 5.70 Å². The maximum atomic E-state index is 14.2. The van der Waals surface area contributed by atoms with Crippen molar-refractivity contribution in [2.24, 2.45) is 5.41 Å². The standard InChI is InChI=1S/C29H30FN3O5S/c1-29(2)12-18-23(19(34)13-29)22(16-10-20(36-3)25(38-5)21(11-16)37-4)24-26(31-18)32-28(33-27(24)35)39-14-15-8-6-7-9-17(15)30/h6-11,22H,12-14H2,1-5H3,(H2,31,32,33,35)/t22-/m1/s1. The van der Waals surface area contributed by atoms with Gasteiger partial charge in [0.15, 0.2) is 22.4 Å². The number of carbonyl (C=O) groups excluding carboxylic acids is 1. The minimum Gasteiger partial charge on any atom is -0.493 e. The molecule has 0 saturated carbocycles. The molecule has 0 radical (unpaired) electrons. The second-order valence-electron chi connectivity index (χ2n) is 10.4. The Morgan fingerprint density at radius 2 is 1.74 bits per heavy atom. The van der Waals surface area contributed by atoms with E-state index < -0.39 is 5.92 Å². The molecule has 0 bridgehead atoms. The molecule has 2 N–H and O–H groups in total. The number of halogens is 1. The van der Waals surface area contributed by atoms with Gasteiger partial charge in [-0.25, -0.2) is 9.37 Å². The number of ether oxygens (including phenoxy) is 3. The maximum Gasteiger partial charge on any atom is 0.257 e. The molecule has 3 aromatic rings. The van der Waals surface area contributed by atoms with E-state index >= 15 is 0 Å². The van der Waals surface area contributed by atoms with E-state index in [1.807, 2.05) is 13.8 Å². The van der Waals surface area contributed by atoms with Gasteiger partial charge >= 0.3 is 0 Å². The van der Waals surface area contributed by atoms with E-state index in [-0.39, 0.29) is 22.6 Å². The van der Waals surface area contributed by atoms with Crippen molar-refractivity contribution >= 4 is 23.4 Å². The predicted molar refractivity (Wildman–Crippen MR) is 147 cm³/mol. The second-order valence-corrected chi connectivity index (χ2v) is 11.3. The zero-order valence-electron chi connectivity index (χ0n) is 22.4. The lowest BCUT2D eigenvalue weighted by atomic mass is 9.69. The van der Waals surface area contributed by atoms with Crippen molar-refractivity contribution in [3.05, 3.63) is 80.5 Å². The average molecular weight is 552 g/mol. The molecule has 2 aromatic carbocycles. The van der Waals surface area contributed by atoms with Crippen molar-refractivity contribution in [1.82, 2.24) is 9.97 Å². The van der Waals surface area contributed by atoms with Crippen LogP contribution in [0.15, 0.2) is 57.6 Å². The summed E-state index contributed by atoms with van der Waals surface area (Å²) in [5.74, 6) is 0.866. The molecule has 0 spiro atoms. The molecule has 0 amide bonds. The number of anilines is 1. The molecule has 2 aliphatic rings. The summed E-state index contributed by atoms with van der Waals surface area (Å²) in [6, 6.07) is 10.0. The molecule has 0 unspecified atom stereocenters. The Bertz CT molecular complexity index is 1520. The van der Waals surface area contributed by atoms with Gasteiger partial charge in [-0.2, -0.15) is 0 Å². The van der Waals surface area contributed by atoms with Crippen molar-refractivity contribution in [2.45, 2.75) is 43.5 Å². The Hall–Kier alpha value is -3.79. The highest BCUT2D eigenvalue weighted by Crippen LogP contribution is 2.50. The average Bonchev–Trinajstić information content (AvgIpc) is 2.89. The van der Waals surface area contributed by atoms with Crippen LogP contribution in [-0.2, 0) is 10.5 Å². The highest BCUT2D eigenvalue weighted by atomic mass is 32.2. The summed E-state index contributed by atoms with van der Waals surface area (Å²) in [5.41, 5.74) is 2.12. The van der Waals surface area contributed by atoms with Crippen LogP contribution < -0.4 is 25.1 Å². The van der Waals surface area contributed by atoms with Crippen LogP contribution in [0.5, 0.6) is 17.2 Å². The number of ketones is 1. The van der Waals surface area contributed by atoms with Crippen LogP contribution >= 0.6 is 11.8 Å². The highest BCUT2D eigenvalue weighted by Gasteiger charge is 2.43. The van der Waals surface area contributed by atoms with Gasteiger partial charge in [0.1, 0.15) is 11.6 Å². The van der Waals surface area contributed by atoms with Gasteiger partial charge in [-0.1, -0.05) is 43.8 Å². The number of nitrogens with one attached hydrogen (secondary N) is 2. The molecular weight excluding hydrogens is 521 g/mol. The number of nitrogens with zero attached hydrogens (tertiary/aromatic N) is 1. The van der Waals surface area contributed by atoms with Crippen LogP contribution in [0.4, 0.5) is 10.2 Å². The molecule has 1 atom stereocenters. The molecule has 204 valence electrons. The van der Waals surface area contributed by atoms with Gasteiger partial charge in [-0.3, -0.25) is 9.59 Å². The number of hydrogen-bond donors (Lipinski definition) is 2. The van der Waals surface area contributed by atoms with Gasteiger partial charge in [-0.15, -0.1) is 0 Å². The van der Waals surface area contributed by atoms with Crippen LogP contribution in [0.25, 0.3) is 0 Å². The lowest BCUT2D eigenvalue weighted by molar-refractivity contribution is -0.118. The van der Waals surface area contributed by atoms with Gasteiger partial charge in [0, 0.05) is 29.4 Å². The van der Waals surface area contributed by atoms with Gasteiger partial charge in [0.25, 0.3) is 5.56 Å². The highest BCUT2D eigenvalue weighted by molar-refractivity contribution is 7.98. The molecule has 10 heteroatoms. The third-order valence-electron chi connectivity index (χ3n) is 7.04. The largest absolute Gasteiger partial charge is 0.493 e. The number of hydrogen-bond acceptors (Lipinski definition) is 8. The molecule has 1 aliphatic heterocycles. The van der Waals surface area contributed by atoms with Crippen molar-refractivity contribution in [3.8, 4) is 17.2 Å². The number of fused-ring (bicyclic) bond motifs is 1. The van der Waals surface area contributed by atoms with Crippen LogP contribution in [0, 0.1) is 11.2 Å². The summed E-state index contributed by atoms with van der Waals surface area (Å²) in [5, 5.41) is 3.66. The van der Waals surface area contributed by atoms with Crippen molar-refractivity contribution in [1.29, 1.82) is 0 Å². The van der Waals surface area contributed by atoms with E-state index in [0.29, 0.717) is 69.1 Å². The molecule has 0 saturated heterocycles. The van der Waals surface area contributed by atoms with Crippen LogP contribution in [0.3, 0.4) is 0 Å². The van der Waals surface area contributed by atoms with Gasteiger partial charge in [-0.05, 0) is 41.2 Å². The molecular formula is C29H30FN3O5S. The normalized spacial score (nSPS) is 17.7. The quantitative estimate of drug-likeness (QED) is 0.296. The first-order valence-electron chi connectivity index (χ1n) is 12.5. The fourth-order valence-electron chi connectivity index (χ4n) is 5.32. The molecule has 1 aliphatic carbocycles. The Morgan fingerprint density at radius 1 is 1.05 bits per heavy atom. The Morgan fingerprint density at radius 3 is 2.38 bits per heavy atom. The number of benzene rings is 2. The van der Waals surface area contributed by atoms with Crippen molar-refractivity contribution in [3.63, 3.8) is 0 Å². The SMILES string of the molecule is COc1cc([C@@H]2C3=C(CC(C)(C)CC3=O)Nc3nc(SCc4ccccc4F)[nH]c(=O)c32)cc(OC)c1OC. The molecule has 2 heterocycles. The summed E-state index contributed by atoms with van der Waals surface area (Å²) in [6.45, 7) is 4.09. The number of methoxy groups -OCH3 is 3. The predicted octanol–water partition coefficient (Wildman–Crippen LogP) is 5.43. The summed E-state index contributed by atoms with van der Waals surface area (Å²) < 4.78 is 30.8. The molecule has 8 nitrogen and oxygen atoms in total. The Kier molecular flexibility index (Phi) is 7.15. The van der Waals surface area contributed by atoms with Gasteiger partial charge in [0.2, 0.25) is 5.75 Å². The van der Waals surface area contributed by atoms with Crippen LogP contribution in [0.2, 0.25) is 0 Å². The lowest BCUT2D eigenvalue weighted by Gasteiger charge is -2.38. The molecule has 1 aromatic heterocycles. The first-order valence-corrected chi connectivity index (χ1v) is 13.5. The third kappa shape index (κ3) is 5.01. The van der Waals surface area contributed by atoms with Crippen LogP contribution in [0.1, 0.15) is 49.3 Å². The van der Waals surface area contributed by atoms with Crippen molar-refractivity contribution < 1.29 is 23.4 Å². The van der Waals surface area contributed by atoms with Gasteiger partial charge in [0.05, 0.1) is 26.9 Å². The zero-order chi connectivity index (χ0) is 27.9. The first-order chi connectivity index (χ1) is 18.7. The Labute approximate surface area is 230 Å². The fraction of sp³-hybridized carbons (Fsp3) is 0.345. The molecule has 5 rings (SSSR count). The number of aromatic amines is 1. The zero-order valence-corrected chi connectivity index (χ0v) is 23.3. The molecule has 39 heavy (non-hydrogen) atoms. The topological polar surface area (TPSA) is 103 Å². The third-order valence-corrected chi connectivity index (χ3v) is 7.96. The van der Waals surface area contributed by atoms with Crippen molar-refractivity contribution in [2.75, 3.05) is 26.6 Å². The summed E-state index contributed by atoms with van der Waals surface area (Å²) in [7, 11) is 4.55. The second kappa shape index (κ2) is 10.4. The van der Waals surface area contributed by atoms with E-state index in [2.05, 4.69) is 10.3 Å². The monoisotopic (exact) mass is 551 g/mol.